The first kappa shape index (κ1) is 32.6. The van der Waals surface area contributed by atoms with Gasteiger partial charge in [0.1, 0.15) is 13.2 Å². The molecule has 218 valence electrons. The van der Waals surface area contributed by atoms with E-state index in [-0.39, 0.29) is 18.8 Å². The maximum absolute atomic E-state index is 12.3. The largest absolute Gasteiger partial charge is 0.462 e. The second-order valence-corrected chi connectivity index (χ2v) is 12.4. The third-order valence-electron chi connectivity index (χ3n) is 9.47. The van der Waals surface area contributed by atoms with Crippen LogP contribution in [-0.2, 0) is 19.1 Å². The standard InChI is InChI=1S/C33H56O5/c1-6-8-9-10-11-12-27-13-15-28(16-14-27)29-17-19-30(20-18-29)33(21-7-2,23-37-31(35)25(3)4)24-38-32(36)26(5)22-34/h27-30,34H,3,5-24H2,1-2,4H3. The molecule has 0 spiro atoms. The Morgan fingerprint density at radius 1 is 0.789 bits per heavy atom. The zero-order chi connectivity index (χ0) is 28.0. The fourth-order valence-corrected chi connectivity index (χ4v) is 7.02. The SMILES string of the molecule is C=C(C)C(=O)OCC(CCC)(COC(=O)C(=C)CO)C1CCC(C2CCC(CCCCCCC)CC2)CC1. The van der Waals surface area contributed by atoms with Gasteiger partial charge in [0.05, 0.1) is 12.2 Å². The molecule has 0 saturated heterocycles. The Morgan fingerprint density at radius 3 is 1.87 bits per heavy atom. The van der Waals surface area contributed by atoms with Crippen LogP contribution in [0.4, 0.5) is 0 Å². The molecule has 38 heavy (non-hydrogen) atoms. The summed E-state index contributed by atoms with van der Waals surface area (Å²) >= 11 is 0. The summed E-state index contributed by atoms with van der Waals surface area (Å²) in [6.07, 6.45) is 20.2. The molecular weight excluding hydrogens is 476 g/mol. The van der Waals surface area contributed by atoms with Gasteiger partial charge >= 0.3 is 11.9 Å². The first-order chi connectivity index (χ1) is 18.3. The van der Waals surface area contributed by atoms with Crippen LogP contribution >= 0.6 is 0 Å². The Hall–Kier alpha value is -1.62. The highest BCUT2D eigenvalue weighted by Crippen LogP contribution is 2.48. The summed E-state index contributed by atoms with van der Waals surface area (Å²) in [4.78, 5) is 24.6. The average molecular weight is 533 g/mol. The number of rotatable bonds is 17. The second kappa shape index (κ2) is 17.2. The van der Waals surface area contributed by atoms with Crippen LogP contribution in [0.25, 0.3) is 0 Å². The van der Waals surface area contributed by atoms with Crippen molar-refractivity contribution in [2.45, 2.75) is 124 Å². The molecule has 2 aliphatic carbocycles. The fourth-order valence-electron chi connectivity index (χ4n) is 7.02. The zero-order valence-corrected chi connectivity index (χ0v) is 24.7. The second-order valence-electron chi connectivity index (χ2n) is 12.4. The summed E-state index contributed by atoms with van der Waals surface area (Å²) < 4.78 is 11.4. The maximum Gasteiger partial charge on any atom is 0.335 e. The average Bonchev–Trinajstić information content (AvgIpc) is 2.94. The number of esters is 2. The highest BCUT2D eigenvalue weighted by Gasteiger charge is 2.43. The molecule has 0 amide bonds. The van der Waals surface area contributed by atoms with E-state index in [4.69, 9.17) is 9.47 Å². The van der Waals surface area contributed by atoms with Crippen LogP contribution in [0.5, 0.6) is 0 Å². The molecule has 5 heteroatoms. The predicted octanol–water partition coefficient (Wildman–Crippen LogP) is 7.96. The van der Waals surface area contributed by atoms with Crippen molar-refractivity contribution in [2.75, 3.05) is 19.8 Å². The molecule has 1 unspecified atom stereocenters. The van der Waals surface area contributed by atoms with Crippen LogP contribution in [0.15, 0.2) is 24.3 Å². The van der Waals surface area contributed by atoms with Crippen molar-refractivity contribution in [2.24, 2.45) is 29.1 Å². The molecule has 2 saturated carbocycles. The molecule has 0 aliphatic heterocycles. The maximum atomic E-state index is 12.3. The van der Waals surface area contributed by atoms with Crippen molar-refractivity contribution in [1.29, 1.82) is 0 Å². The van der Waals surface area contributed by atoms with E-state index in [0.29, 0.717) is 11.5 Å². The van der Waals surface area contributed by atoms with Gasteiger partial charge in [0, 0.05) is 11.0 Å². The summed E-state index contributed by atoms with van der Waals surface area (Å²) in [6, 6.07) is 0. The van der Waals surface area contributed by atoms with Crippen molar-refractivity contribution >= 4 is 11.9 Å². The van der Waals surface area contributed by atoms with Crippen molar-refractivity contribution in [3.63, 3.8) is 0 Å². The van der Waals surface area contributed by atoms with Crippen molar-refractivity contribution in [1.82, 2.24) is 0 Å². The number of ether oxygens (including phenoxy) is 2. The molecule has 0 bridgehead atoms. The third-order valence-corrected chi connectivity index (χ3v) is 9.47. The number of aliphatic hydroxyl groups is 1. The van der Waals surface area contributed by atoms with Crippen LogP contribution in [0, 0.1) is 29.1 Å². The first-order valence-corrected chi connectivity index (χ1v) is 15.5. The summed E-state index contributed by atoms with van der Waals surface area (Å²) in [5.41, 5.74) is 0.00184. The highest BCUT2D eigenvalue weighted by molar-refractivity contribution is 5.88. The van der Waals surface area contributed by atoms with Gasteiger partial charge in [0.2, 0.25) is 0 Å². The molecule has 1 N–H and O–H groups in total. The number of carbonyl (C=O) groups is 2. The van der Waals surface area contributed by atoms with Gasteiger partial charge in [-0.3, -0.25) is 0 Å². The van der Waals surface area contributed by atoms with E-state index in [1.165, 1.54) is 77.0 Å². The summed E-state index contributed by atoms with van der Waals surface area (Å²) in [5.74, 6) is 1.92. The van der Waals surface area contributed by atoms with Gasteiger partial charge in [-0.2, -0.15) is 0 Å². The Kier molecular flexibility index (Phi) is 14.7. The molecule has 0 aromatic rings. The summed E-state index contributed by atoms with van der Waals surface area (Å²) in [6.45, 7) is 13.4. The van der Waals surface area contributed by atoms with Crippen molar-refractivity contribution in [3.8, 4) is 0 Å². The third kappa shape index (κ3) is 10.2. The lowest BCUT2D eigenvalue weighted by molar-refractivity contribution is -0.155. The van der Waals surface area contributed by atoms with Gasteiger partial charge in [-0.1, -0.05) is 84.8 Å². The molecule has 0 aromatic carbocycles. The first-order valence-electron chi connectivity index (χ1n) is 15.5. The minimum absolute atomic E-state index is 0.0506. The van der Waals surface area contributed by atoms with Gasteiger partial charge in [-0.25, -0.2) is 9.59 Å². The van der Waals surface area contributed by atoms with Gasteiger partial charge in [-0.05, 0) is 75.5 Å². The molecule has 2 aliphatic rings. The Bertz CT molecular complexity index is 742. The monoisotopic (exact) mass is 532 g/mol. The lowest BCUT2D eigenvalue weighted by Crippen LogP contribution is -2.43. The zero-order valence-electron chi connectivity index (χ0n) is 24.7. The highest BCUT2D eigenvalue weighted by atomic mass is 16.5. The number of hydrogen-bond acceptors (Lipinski definition) is 5. The van der Waals surface area contributed by atoms with Crippen LogP contribution in [0.2, 0.25) is 0 Å². The van der Waals surface area contributed by atoms with E-state index >= 15 is 0 Å². The molecule has 5 nitrogen and oxygen atoms in total. The van der Waals surface area contributed by atoms with E-state index in [1.807, 2.05) is 0 Å². The van der Waals surface area contributed by atoms with E-state index in [1.54, 1.807) is 6.92 Å². The van der Waals surface area contributed by atoms with Crippen LogP contribution in [0.1, 0.15) is 124 Å². The van der Waals surface area contributed by atoms with Crippen molar-refractivity contribution in [3.05, 3.63) is 24.3 Å². The Labute approximate surface area is 232 Å². The van der Waals surface area contributed by atoms with E-state index < -0.39 is 24.0 Å². The van der Waals surface area contributed by atoms with Gasteiger partial charge in [0.15, 0.2) is 0 Å². The smallest absolute Gasteiger partial charge is 0.335 e. The lowest BCUT2D eigenvalue weighted by atomic mass is 9.62. The summed E-state index contributed by atoms with van der Waals surface area (Å²) in [7, 11) is 0. The molecule has 2 fully saturated rings. The molecule has 1 atom stereocenters. The molecule has 0 aromatic heterocycles. The number of hydrogen-bond donors (Lipinski definition) is 1. The topological polar surface area (TPSA) is 72.8 Å². The van der Waals surface area contributed by atoms with Crippen LogP contribution in [0.3, 0.4) is 0 Å². The van der Waals surface area contributed by atoms with Crippen molar-refractivity contribution < 1.29 is 24.2 Å². The molecule has 2 rings (SSSR count). The van der Waals surface area contributed by atoms with E-state index in [2.05, 4.69) is 27.0 Å². The predicted molar refractivity (Wildman–Crippen MR) is 155 cm³/mol. The normalized spacial score (nSPS) is 25.3. The fraction of sp³-hybridized carbons (Fsp3) is 0.818. The van der Waals surface area contributed by atoms with E-state index in [9.17, 15) is 14.7 Å². The minimum Gasteiger partial charge on any atom is -0.462 e. The van der Waals surface area contributed by atoms with Gasteiger partial charge in [0.25, 0.3) is 0 Å². The Morgan fingerprint density at radius 2 is 1.34 bits per heavy atom. The summed E-state index contributed by atoms with van der Waals surface area (Å²) in [5, 5.41) is 9.29. The molecular formula is C33H56O5. The number of carbonyl (C=O) groups excluding carboxylic acids is 2. The quantitative estimate of drug-likeness (QED) is 0.117. The number of aliphatic hydroxyl groups excluding tert-OH is 1. The Balaban J connectivity index is 1.95. The lowest BCUT2D eigenvalue weighted by Gasteiger charge is -2.45. The molecule has 0 heterocycles. The van der Waals surface area contributed by atoms with Crippen LogP contribution < -0.4 is 0 Å². The van der Waals surface area contributed by atoms with E-state index in [0.717, 1.165) is 43.4 Å². The van der Waals surface area contributed by atoms with Gasteiger partial charge < -0.3 is 14.6 Å². The number of unbranched alkanes of at least 4 members (excludes halogenated alkanes) is 4. The van der Waals surface area contributed by atoms with Gasteiger partial charge in [-0.15, -0.1) is 0 Å². The molecule has 0 radical (unpaired) electrons. The van der Waals surface area contributed by atoms with Crippen LogP contribution in [-0.4, -0.2) is 36.9 Å². The minimum atomic E-state index is -0.574.